The van der Waals surface area contributed by atoms with Crippen molar-refractivity contribution in [2.45, 2.75) is 11.9 Å². The first-order valence-electron chi connectivity index (χ1n) is 7.66. The van der Waals surface area contributed by atoms with Gasteiger partial charge in [-0.1, -0.05) is 42.5 Å². The summed E-state index contributed by atoms with van der Waals surface area (Å²) in [5.74, 6) is 2.22. The Morgan fingerprint density at radius 3 is 2.74 bits per heavy atom. The standard InChI is InChI=1S/C18H17NO3S/c20-16-12-23-18(19(16)11-13-5-2-1-3-6-13)14-7-4-8-15-17(14)22-10-9-21-15/h1-8,18H,9-12H2. The predicted molar refractivity (Wildman–Crippen MR) is 89.6 cm³/mol. The van der Waals surface area contributed by atoms with Crippen LogP contribution in [0.25, 0.3) is 0 Å². The Morgan fingerprint density at radius 2 is 1.87 bits per heavy atom. The molecule has 0 saturated carbocycles. The van der Waals surface area contributed by atoms with E-state index in [1.807, 2.05) is 53.4 Å². The lowest BCUT2D eigenvalue weighted by Crippen LogP contribution is -2.28. The normalized spacial score (nSPS) is 19.9. The topological polar surface area (TPSA) is 38.8 Å². The van der Waals surface area contributed by atoms with Crippen LogP contribution in [0.5, 0.6) is 11.5 Å². The minimum absolute atomic E-state index is 0.0284. The van der Waals surface area contributed by atoms with Gasteiger partial charge in [0.25, 0.3) is 0 Å². The SMILES string of the molecule is O=C1CSC(c2cccc3c2OCCO3)N1Cc1ccccc1. The largest absolute Gasteiger partial charge is 0.486 e. The van der Waals surface area contributed by atoms with Crippen LogP contribution in [0.1, 0.15) is 16.5 Å². The molecule has 1 atom stereocenters. The second kappa shape index (κ2) is 6.16. The van der Waals surface area contributed by atoms with Crippen LogP contribution in [0.15, 0.2) is 48.5 Å². The van der Waals surface area contributed by atoms with Gasteiger partial charge < -0.3 is 14.4 Å². The van der Waals surface area contributed by atoms with E-state index in [4.69, 9.17) is 9.47 Å². The third-order valence-electron chi connectivity index (χ3n) is 4.03. The van der Waals surface area contributed by atoms with Gasteiger partial charge in [0.2, 0.25) is 5.91 Å². The van der Waals surface area contributed by atoms with Gasteiger partial charge in [-0.3, -0.25) is 4.79 Å². The highest BCUT2D eigenvalue weighted by molar-refractivity contribution is 8.00. The van der Waals surface area contributed by atoms with Crippen LogP contribution in [0.3, 0.4) is 0 Å². The highest BCUT2D eigenvalue weighted by atomic mass is 32.2. The molecule has 0 spiro atoms. The van der Waals surface area contributed by atoms with Crippen LogP contribution in [0.2, 0.25) is 0 Å². The van der Waals surface area contributed by atoms with Crippen LogP contribution in [-0.2, 0) is 11.3 Å². The number of hydrogen-bond donors (Lipinski definition) is 0. The van der Waals surface area contributed by atoms with Crippen LogP contribution in [-0.4, -0.2) is 29.8 Å². The molecule has 0 radical (unpaired) electrons. The molecule has 0 aliphatic carbocycles. The summed E-state index contributed by atoms with van der Waals surface area (Å²) < 4.78 is 11.5. The van der Waals surface area contributed by atoms with Crippen LogP contribution < -0.4 is 9.47 Å². The molecule has 1 amide bonds. The second-order valence-electron chi connectivity index (χ2n) is 5.54. The fourth-order valence-corrected chi connectivity index (χ4v) is 4.16. The molecule has 0 bridgehead atoms. The molecule has 0 N–H and O–H groups in total. The molecule has 1 saturated heterocycles. The molecule has 1 fully saturated rings. The van der Waals surface area contributed by atoms with Gasteiger partial charge in [0.05, 0.1) is 5.75 Å². The third kappa shape index (κ3) is 2.77. The Morgan fingerprint density at radius 1 is 1.04 bits per heavy atom. The molecule has 4 nitrogen and oxygen atoms in total. The maximum atomic E-state index is 12.4. The van der Waals surface area contributed by atoms with Crippen molar-refractivity contribution in [1.82, 2.24) is 4.90 Å². The lowest BCUT2D eigenvalue weighted by molar-refractivity contribution is -0.128. The van der Waals surface area contributed by atoms with Gasteiger partial charge in [0.15, 0.2) is 11.5 Å². The van der Waals surface area contributed by atoms with Crippen molar-refractivity contribution in [3.63, 3.8) is 0 Å². The number of carbonyl (C=O) groups is 1. The highest BCUT2D eigenvalue weighted by Crippen LogP contribution is 2.46. The Bertz CT molecular complexity index is 719. The smallest absolute Gasteiger partial charge is 0.234 e. The van der Waals surface area contributed by atoms with Gasteiger partial charge in [0, 0.05) is 12.1 Å². The van der Waals surface area contributed by atoms with Crippen molar-refractivity contribution in [1.29, 1.82) is 0 Å². The van der Waals surface area contributed by atoms with Crippen LogP contribution in [0.4, 0.5) is 0 Å². The van der Waals surface area contributed by atoms with Gasteiger partial charge in [-0.15, -0.1) is 11.8 Å². The fraction of sp³-hybridized carbons (Fsp3) is 0.278. The van der Waals surface area contributed by atoms with Crippen molar-refractivity contribution in [3.05, 3.63) is 59.7 Å². The average Bonchev–Trinajstić information content (AvgIpc) is 2.96. The molecule has 23 heavy (non-hydrogen) atoms. The number of rotatable bonds is 3. The Labute approximate surface area is 139 Å². The zero-order valence-corrected chi connectivity index (χ0v) is 13.4. The summed E-state index contributed by atoms with van der Waals surface area (Å²) in [6.07, 6.45) is 0. The monoisotopic (exact) mass is 327 g/mol. The van der Waals surface area contributed by atoms with E-state index in [1.54, 1.807) is 11.8 Å². The van der Waals surface area contributed by atoms with E-state index in [-0.39, 0.29) is 11.3 Å². The summed E-state index contributed by atoms with van der Waals surface area (Å²) in [5.41, 5.74) is 2.16. The predicted octanol–water partition coefficient (Wildman–Crippen LogP) is 3.23. The first-order valence-corrected chi connectivity index (χ1v) is 8.71. The minimum Gasteiger partial charge on any atom is -0.486 e. The van der Waals surface area contributed by atoms with Crippen molar-refractivity contribution in [2.75, 3.05) is 19.0 Å². The average molecular weight is 327 g/mol. The van der Waals surface area contributed by atoms with Crippen LogP contribution >= 0.6 is 11.8 Å². The Hall–Kier alpha value is -2.14. The van der Waals surface area contributed by atoms with Gasteiger partial charge in [-0.05, 0) is 11.6 Å². The molecule has 5 heteroatoms. The maximum Gasteiger partial charge on any atom is 0.234 e. The van der Waals surface area contributed by atoms with E-state index in [9.17, 15) is 4.79 Å². The zero-order valence-electron chi connectivity index (χ0n) is 12.6. The number of thioether (sulfide) groups is 1. The first kappa shape index (κ1) is 14.5. The molecule has 0 aromatic heterocycles. The van der Waals surface area contributed by atoms with Gasteiger partial charge >= 0.3 is 0 Å². The number of amides is 1. The molecule has 2 aliphatic heterocycles. The molecule has 118 valence electrons. The molecular formula is C18H17NO3S. The maximum absolute atomic E-state index is 12.4. The number of para-hydroxylation sites is 1. The lowest BCUT2D eigenvalue weighted by Gasteiger charge is -2.28. The van der Waals surface area contributed by atoms with Gasteiger partial charge in [-0.2, -0.15) is 0 Å². The summed E-state index contributed by atoms with van der Waals surface area (Å²) in [5, 5.41) is -0.0284. The number of hydrogen-bond acceptors (Lipinski definition) is 4. The number of nitrogens with zero attached hydrogens (tertiary/aromatic N) is 1. The van der Waals surface area contributed by atoms with E-state index < -0.39 is 0 Å². The second-order valence-corrected chi connectivity index (χ2v) is 6.61. The van der Waals surface area contributed by atoms with Crippen molar-refractivity contribution >= 4 is 17.7 Å². The van der Waals surface area contributed by atoms with E-state index in [2.05, 4.69) is 0 Å². The number of fused-ring (bicyclic) bond motifs is 1. The summed E-state index contributed by atoms with van der Waals surface area (Å²) >= 11 is 1.64. The van der Waals surface area contributed by atoms with Crippen molar-refractivity contribution < 1.29 is 14.3 Å². The van der Waals surface area contributed by atoms with E-state index in [0.717, 1.165) is 22.6 Å². The summed E-state index contributed by atoms with van der Waals surface area (Å²) in [6, 6.07) is 16.0. The number of ether oxygens (including phenoxy) is 2. The molecule has 1 unspecified atom stereocenters. The van der Waals surface area contributed by atoms with E-state index in [0.29, 0.717) is 25.5 Å². The molecule has 2 aliphatic rings. The molecule has 2 aromatic carbocycles. The lowest BCUT2D eigenvalue weighted by atomic mass is 10.1. The summed E-state index contributed by atoms with van der Waals surface area (Å²) in [4.78, 5) is 14.3. The van der Waals surface area contributed by atoms with Crippen molar-refractivity contribution in [3.8, 4) is 11.5 Å². The molecule has 2 aromatic rings. The molecule has 4 rings (SSSR count). The molecular weight excluding hydrogens is 310 g/mol. The number of benzene rings is 2. The van der Waals surface area contributed by atoms with Gasteiger partial charge in [-0.25, -0.2) is 0 Å². The summed E-state index contributed by atoms with van der Waals surface area (Å²) in [7, 11) is 0. The summed E-state index contributed by atoms with van der Waals surface area (Å²) in [6.45, 7) is 1.73. The van der Waals surface area contributed by atoms with Crippen molar-refractivity contribution in [2.24, 2.45) is 0 Å². The third-order valence-corrected chi connectivity index (χ3v) is 5.26. The van der Waals surface area contributed by atoms with Crippen LogP contribution in [0, 0.1) is 0 Å². The van der Waals surface area contributed by atoms with E-state index in [1.165, 1.54) is 0 Å². The van der Waals surface area contributed by atoms with Gasteiger partial charge in [0.1, 0.15) is 18.6 Å². The molecule has 2 heterocycles. The number of carbonyl (C=O) groups excluding carboxylic acids is 1. The fourth-order valence-electron chi connectivity index (χ4n) is 2.95. The Kier molecular flexibility index (Phi) is 3.87. The highest BCUT2D eigenvalue weighted by Gasteiger charge is 2.35. The Balaban J connectivity index is 1.66. The van der Waals surface area contributed by atoms with E-state index >= 15 is 0 Å². The first-order chi connectivity index (χ1) is 11.3. The zero-order chi connectivity index (χ0) is 15.6. The quantitative estimate of drug-likeness (QED) is 0.867. The minimum atomic E-state index is -0.0284.